The number of carbonyl (C=O) groups excluding carboxylic acids is 1. The maximum Gasteiger partial charge on any atom is 0.240 e. The summed E-state index contributed by atoms with van der Waals surface area (Å²) in [5.41, 5.74) is 5.18. The number of carbonyl (C=O) groups is 1. The average molecular weight is 230 g/mol. The van der Waals surface area contributed by atoms with Crippen LogP contribution in [0.2, 0.25) is 0 Å². The molecule has 1 aliphatic rings. The van der Waals surface area contributed by atoms with Gasteiger partial charge in [0.05, 0.1) is 18.2 Å². The Balaban J connectivity index is 2.19. The van der Waals surface area contributed by atoms with Crippen molar-refractivity contribution < 1.29 is 14.6 Å². The van der Waals surface area contributed by atoms with Gasteiger partial charge >= 0.3 is 0 Å². The van der Waals surface area contributed by atoms with Crippen molar-refractivity contribution in [2.24, 2.45) is 11.7 Å². The number of ether oxygens (including phenoxy) is 1. The molecular formula is C11H22N2O3. The summed E-state index contributed by atoms with van der Waals surface area (Å²) in [6.45, 7) is 2.49. The van der Waals surface area contributed by atoms with Crippen molar-refractivity contribution in [3.63, 3.8) is 0 Å². The summed E-state index contributed by atoms with van der Waals surface area (Å²) in [4.78, 5) is 11.7. The number of nitrogens with one attached hydrogen (secondary N) is 1. The van der Waals surface area contributed by atoms with Gasteiger partial charge in [0.25, 0.3) is 0 Å². The molecule has 5 heteroatoms. The number of nitrogens with two attached hydrogens (primary N) is 1. The van der Waals surface area contributed by atoms with E-state index in [1.54, 1.807) is 6.92 Å². The molecule has 0 aromatic carbocycles. The lowest BCUT2D eigenvalue weighted by Gasteiger charge is -2.23. The molecule has 2 atom stereocenters. The zero-order valence-electron chi connectivity index (χ0n) is 10.0. The van der Waals surface area contributed by atoms with Crippen LogP contribution in [-0.2, 0) is 9.53 Å². The summed E-state index contributed by atoms with van der Waals surface area (Å²) in [6.07, 6.45) is 2.02. The minimum absolute atomic E-state index is 0.125. The van der Waals surface area contributed by atoms with Crippen molar-refractivity contribution in [2.45, 2.75) is 37.8 Å². The topological polar surface area (TPSA) is 84.6 Å². The van der Waals surface area contributed by atoms with Crippen LogP contribution in [0.15, 0.2) is 0 Å². The lowest BCUT2D eigenvalue weighted by atomic mass is 9.96. The van der Waals surface area contributed by atoms with Gasteiger partial charge in [0.2, 0.25) is 5.91 Å². The van der Waals surface area contributed by atoms with Gasteiger partial charge in [-0.2, -0.15) is 0 Å². The lowest BCUT2D eigenvalue weighted by Crippen LogP contribution is -2.53. The average Bonchev–Trinajstić information content (AvgIpc) is 3.01. The molecule has 0 aliphatic heterocycles. The Morgan fingerprint density at radius 2 is 2.31 bits per heavy atom. The Bertz CT molecular complexity index is 239. The van der Waals surface area contributed by atoms with Crippen LogP contribution in [0.5, 0.6) is 0 Å². The Labute approximate surface area is 96.3 Å². The Morgan fingerprint density at radius 3 is 2.81 bits per heavy atom. The molecule has 4 N–H and O–H groups in total. The van der Waals surface area contributed by atoms with Gasteiger partial charge in [0.1, 0.15) is 0 Å². The number of hydrogen-bond donors (Lipinski definition) is 3. The maximum absolute atomic E-state index is 11.7. The molecule has 0 radical (unpaired) electrons. The third-order valence-corrected chi connectivity index (χ3v) is 3.04. The van der Waals surface area contributed by atoms with Crippen molar-refractivity contribution in [1.82, 2.24) is 5.32 Å². The van der Waals surface area contributed by atoms with Gasteiger partial charge in [-0.05, 0) is 32.1 Å². The summed E-state index contributed by atoms with van der Waals surface area (Å²) in [7, 11) is 1.53. The van der Waals surface area contributed by atoms with Crippen LogP contribution >= 0.6 is 0 Å². The molecule has 0 spiro atoms. The van der Waals surface area contributed by atoms with Gasteiger partial charge in [0.15, 0.2) is 0 Å². The van der Waals surface area contributed by atoms with Gasteiger partial charge in [-0.3, -0.25) is 4.79 Å². The Morgan fingerprint density at radius 1 is 1.69 bits per heavy atom. The highest BCUT2D eigenvalue weighted by Gasteiger charge is 2.43. The van der Waals surface area contributed by atoms with Gasteiger partial charge in [0, 0.05) is 13.7 Å². The first-order chi connectivity index (χ1) is 7.48. The fourth-order valence-electron chi connectivity index (χ4n) is 1.69. The molecular weight excluding hydrogens is 208 g/mol. The molecule has 1 aliphatic carbocycles. The summed E-state index contributed by atoms with van der Waals surface area (Å²) in [5, 5.41) is 12.1. The van der Waals surface area contributed by atoms with E-state index in [0.717, 1.165) is 12.8 Å². The van der Waals surface area contributed by atoms with E-state index in [1.807, 2.05) is 0 Å². The molecule has 2 unspecified atom stereocenters. The number of aliphatic hydroxyl groups is 1. The first-order valence-electron chi connectivity index (χ1n) is 5.72. The fourth-order valence-corrected chi connectivity index (χ4v) is 1.69. The second-order valence-corrected chi connectivity index (χ2v) is 4.71. The van der Waals surface area contributed by atoms with Crippen LogP contribution in [0, 0.1) is 5.92 Å². The third kappa shape index (κ3) is 3.73. The van der Waals surface area contributed by atoms with Crippen LogP contribution in [0.3, 0.4) is 0 Å². The van der Waals surface area contributed by atoms with E-state index in [4.69, 9.17) is 10.5 Å². The largest absolute Gasteiger partial charge is 0.391 e. The van der Waals surface area contributed by atoms with E-state index in [9.17, 15) is 9.90 Å². The molecule has 0 bridgehead atoms. The third-order valence-electron chi connectivity index (χ3n) is 3.04. The van der Waals surface area contributed by atoms with E-state index in [0.29, 0.717) is 25.5 Å². The standard InChI is InChI=1S/C11H22N2O3/c1-11(12,8-3-4-8)10(15)13-6-5-9(14)7-16-2/h8-9,14H,3-7,12H2,1-2H3,(H,13,15). The van der Waals surface area contributed by atoms with Crippen molar-refractivity contribution in [3.05, 3.63) is 0 Å². The zero-order chi connectivity index (χ0) is 12.2. The van der Waals surface area contributed by atoms with Crippen LogP contribution < -0.4 is 11.1 Å². The Kier molecular flexibility index (Phi) is 4.70. The molecule has 1 fully saturated rings. The second-order valence-electron chi connectivity index (χ2n) is 4.71. The molecule has 16 heavy (non-hydrogen) atoms. The Hall–Kier alpha value is -0.650. The number of methoxy groups -OCH3 is 1. The molecule has 1 rings (SSSR count). The number of aliphatic hydroxyl groups excluding tert-OH is 1. The number of rotatable bonds is 7. The van der Waals surface area contributed by atoms with Crippen LogP contribution in [0.1, 0.15) is 26.2 Å². The van der Waals surface area contributed by atoms with Crippen molar-refractivity contribution in [3.8, 4) is 0 Å². The molecule has 0 aromatic heterocycles. The summed E-state index contributed by atoms with van der Waals surface area (Å²) in [5.74, 6) is 0.191. The summed E-state index contributed by atoms with van der Waals surface area (Å²) >= 11 is 0. The molecule has 0 saturated heterocycles. The van der Waals surface area contributed by atoms with Crippen molar-refractivity contribution >= 4 is 5.91 Å². The quantitative estimate of drug-likeness (QED) is 0.557. The lowest BCUT2D eigenvalue weighted by molar-refractivity contribution is -0.126. The van der Waals surface area contributed by atoms with Crippen LogP contribution in [0.4, 0.5) is 0 Å². The van der Waals surface area contributed by atoms with Crippen molar-refractivity contribution in [1.29, 1.82) is 0 Å². The molecule has 0 heterocycles. The van der Waals surface area contributed by atoms with Gasteiger partial charge in [-0.1, -0.05) is 0 Å². The van der Waals surface area contributed by atoms with E-state index in [1.165, 1.54) is 7.11 Å². The zero-order valence-corrected chi connectivity index (χ0v) is 10.0. The highest BCUT2D eigenvalue weighted by atomic mass is 16.5. The number of amides is 1. The van der Waals surface area contributed by atoms with Gasteiger partial charge in [-0.15, -0.1) is 0 Å². The highest BCUT2D eigenvalue weighted by Crippen LogP contribution is 2.38. The normalized spacial score (nSPS) is 21.2. The SMILES string of the molecule is COCC(O)CCNC(=O)C(C)(N)C1CC1. The fraction of sp³-hybridized carbons (Fsp3) is 0.909. The monoisotopic (exact) mass is 230 g/mol. The smallest absolute Gasteiger partial charge is 0.240 e. The van der Waals surface area contributed by atoms with Crippen LogP contribution in [-0.4, -0.2) is 42.9 Å². The predicted octanol–water partition coefficient (Wildman–Crippen LogP) is -0.373. The van der Waals surface area contributed by atoms with E-state index in [2.05, 4.69) is 5.32 Å². The molecule has 1 amide bonds. The molecule has 0 aromatic rings. The second kappa shape index (κ2) is 5.61. The highest BCUT2D eigenvalue weighted by molar-refractivity contribution is 5.86. The van der Waals surface area contributed by atoms with E-state index >= 15 is 0 Å². The minimum atomic E-state index is -0.758. The maximum atomic E-state index is 11.7. The van der Waals surface area contributed by atoms with E-state index in [-0.39, 0.29) is 5.91 Å². The predicted molar refractivity (Wildman–Crippen MR) is 60.8 cm³/mol. The van der Waals surface area contributed by atoms with Gasteiger partial charge in [-0.25, -0.2) is 0 Å². The molecule has 1 saturated carbocycles. The van der Waals surface area contributed by atoms with Crippen LogP contribution in [0.25, 0.3) is 0 Å². The van der Waals surface area contributed by atoms with E-state index < -0.39 is 11.6 Å². The minimum Gasteiger partial charge on any atom is -0.391 e. The molecule has 94 valence electrons. The summed E-state index contributed by atoms with van der Waals surface area (Å²) in [6, 6.07) is 0. The number of hydrogen-bond acceptors (Lipinski definition) is 4. The first kappa shape index (κ1) is 13.4. The first-order valence-corrected chi connectivity index (χ1v) is 5.72. The molecule has 5 nitrogen and oxygen atoms in total. The summed E-state index contributed by atoms with van der Waals surface area (Å²) < 4.78 is 4.79. The van der Waals surface area contributed by atoms with Gasteiger partial charge < -0.3 is 20.9 Å². The van der Waals surface area contributed by atoms with Crippen molar-refractivity contribution in [2.75, 3.05) is 20.3 Å².